The second-order valence-electron chi connectivity index (χ2n) is 7.27. The Kier molecular flexibility index (Phi) is 7.43. The van der Waals surface area contributed by atoms with Gasteiger partial charge in [0.15, 0.2) is 5.13 Å². The monoisotopic (exact) mass is 464 g/mol. The molecular formula is C24H24N4O4S. The largest absolute Gasteiger partial charge is 0.497 e. The predicted molar refractivity (Wildman–Crippen MR) is 126 cm³/mol. The summed E-state index contributed by atoms with van der Waals surface area (Å²) in [5, 5.41) is 9.32. The summed E-state index contributed by atoms with van der Waals surface area (Å²) in [6.07, 6.45) is 1.43. The van der Waals surface area contributed by atoms with E-state index >= 15 is 0 Å². The number of nitrogens with one attached hydrogen (secondary N) is 1. The summed E-state index contributed by atoms with van der Waals surface area (Å²) in [5.74, 6) is 1.48. The van der Waals surface area contributed by atoms with Crippen LogP contribution in [0.25, 0.3) is 22.6 Å². The molecule has 9 heteroatoms. The van der Waals surface area contributed by atoms with E-state index in [4.69, 9.17) is 14.0 Å². The lowest BCUT2D eigenvalue weighted by molar-refractivity contribution is -0.116. The molecule has 1 amide bonds. The summed E-state index contributed by atoms with van der Waals surface area (Å²) in [4.78, 5) is 21.3. The molecule has 0 fully saturated rings. The smallest absolute Gasteiger partial charge is 0.227 e. The summed E-state index contributed by atoms with van der Waals surface area (Å²) in [6.45, 7) is 0.693. The van der Waals surface area contributed by atoms with Crippen LogP contribution < -0.4 is 10.1 Å². The molecule has 1 N–H and O–H groups in total. The van der Waals surface area contributed by atoms with Crippen molar-refractivity contribution < 1.29 is 18.8 Å². The van der Waals surface area contributed by atoms with E-state index in [2.05, 4.69) is 32.6 Å². The molecule has 4 aromatic rings. The zero-order valence-electron chi connectivity index (χ0n) is 18.4. The van der Waals surface area contributed by atoms with Crippen LogP contribution in [0, 0.1) is 0 Å². The average Bonchev–Trinajstić information content (AvgIpc) is 3.52. The molecule has 0 saturated carbocycles. The Morgan fingerprint density at radius 1 is 1.00 bits per heavy atom. The van der Waals surface area contributed by atoms with Crippen molar-refractivity contribution in [1.29, 1.82) is 0 Å². The molecule has 4 rings (SSSR count). The summed E-state index contributed by atoms with van der Waals surface area (Å²) in [6, 6.07) is 15.6. The van der Waals surface area contributed by atoms with Gasteiger partial charge in [-0.1, -0.05) is 29.4 Å². The molecule has 2 aromatic carbocycles. The Bertz CT molecular complexity index is 1190. The van der Waals surface area contributed by atoms with Crippen molar-refractivity contribution in [2.45, 2.75) is 19.3 Å². The lowest BCUT2D eigenvalue weighted by Crippen LogP contribution is -2.12. The maximum atomic E-state index is 12.4. The van der Waals surface area contributed by atoms with Crippen LogP contribution in [0.5, 0.6) is 5.75 Å². The van der Waals surface area contributed by atoms with Gasteiger partial charge in [-0.25, -0.2) is 4.98 Å². The lowest BCUT2D eigenvalue weighted by Gasteiger charge is -2.02. The first-order valence-corrected chi connectivity index (χ1v) is 11.3. The standard InChI is InChI=1S/C24H24N4O4S/c1-30-14-13-16-3-5-17(6-4-16)20-15-33-24(25-20)26-21(29)11-12-22-27-23(28-32-22)18-7-9-19(31-2)10-8-18/h3-10,15H,11-14H2,1-2H3,(H,25,26,29). The zero-order chi connectivity index (χ0) is 23.0. The third kappa shape index (κ3) is 6.03. The highest BCUT2D eigenvalue weighted by Gasteiger charge is 2.13. The van der Waals surface area contributed by atoms with Gasteiger partial charge in [-0.05, 0) is 36.2 Å². The molecule has 0 radical (unpaired) electrons. The van der Waals surface area contributed by atoms with Crippen molar-refractivity contribution in [2.24, 2.45) is 0 Å². The second kappa shape index (κ2) is 10.8. The number of hydrogen-bond acceptors (Lipinski definition) is 8. The van der Waals surface area contributed by atoms with E-state index in [0.717, 1.165) is 29.0 Å². The van der Waals surface area contributed by atoms with Crippen molar-refractivity contribution >= 4 is 22.4 Å². The normalized spacial score (nSPS) is 10.8. The van der Waals surface area contributed by atoms with Crippen LogP contribution in [0.15, 0.2) is 58.4 Å². The lowest BCUT2D eigenvalue weighted by atomic mass is 10.1. The fourth-order valence-corrected chi connectivity index (χ4v) is 3.88. The molecule has 33 heavy (non-hydrogen) atoms. The summed E-state index contributed by atoms with van der Waals surface area (Å²) >= 11 is 1.39. The Morgan fingerprint density at radius 2 is 1.76 bits per heavy atom. The van der Waals surface area contributed by atoms with Gasteiger partial charge in [-0.3, -0.25) is 4.79 Å². The number of hydrogen-bond donors (Lipinski definition) is 1. The van der Waals surface area contributed by atoms with Crippen molar-refractivity contribution in [2.75, 3.05) is 26.1 Å². The van der Waals surface area contributed by atoms with Gasteiger partial charge in [-0.15, -0.1) is 11.3 Å². The minimum absolute atomic E-state index is 0.157. The van der Waals surface area contributed by atoms with E-state index in [0.29, 0.717) is 29.9 Å². The van der Waals surface area contributed by atoms with Crippen LogP contribution in [0.2, 0.25) is 0 Å². The molecule has 0 aliphatic carbocycles. The van der Waals surface area contributed by atoms with Gasteiger partial charge in [-0.2, -0.15) is 4.98 Å². The number of amides is 1. The number of carbonyl (C=O) groups excluding carboxylic acids is 1. The fraction of sp³-hybridized carbons (Fsp3) is 0.250. The maximum absolute atomic E-state index is 12.4. The van der Waals surface area contributed by atoms with Crippen LogP contribution in [-0.4, -0.2) is 41.9 Å². The van der Waals surface area contributed by atoms with Crippen LogP contribution >= 0.6 is 11.3 Å². The van der Waals surface area contributed by atoms with Crippen molar-refractivity contribution in [3.05, 3.63) is 65.4 Å². The first-order valence-electron chi connectivity index (χ1n) is 10.5. The minimum atomic E-state index is -0.157. The highest BCUT2D eigenvalue weighted by atomic mass is 32.1. The third-order valence-corrected chi connectivity index (χ3v) is 5.74. The van der Waals surface area contributed by atoms with E-state index in [9.17, 15) is 4.79 Å². The topological polar surface area (TPSA) is 99.4 Å². The molecule has 0 aliphatic heterocycles. The molecule has 170 valence electrons. The Balaban J connectivity index is 1.29. The number of carbonyl (C=O) groups is 1. The fourth-order valence-electron chi connectivity index (χ4n) is 3.14. The SMILES string of the molecule is COCCc1ccc(-c2csc(NC(=O)CCc3nc(-c4ccc(OC)cc4)no3)n2)cc1. The van der Waals surface area contributed by atoms with Crippen molar-refractivity contribution in [1.82, 2.24) is 15.1 Å². The van der Waals surface area contributed by atoms with Gasteiger partial charge in [0.25, 0.3) is 0 Å². The number of nitrogens with zero attached hydrogens (tertiary/aromatic N) is 3. The predicted octanol–water partition coefficient (Wildman–Crippen LogP) is 4.63. The number of rotatable bonds is 10. The molecule has 8 nitrogen and oxygen atoms in total. The second-order valence-corrected chi connectivity index (χ2v) is 8.12. The molecule has 2 aromatic heterocycles. The van der Waals surface area contributed by atoms with Gasteiger partial charge >= 0.3 is 0 Å². The number of benzene rings is 2. The molecule has 0 saturated heterocycles. The van der Waals surface area contributed by atoms with Gasteiger partial charge in [0, 0.05) is 36.5 Å². The number of aryl methyl sites for hydroxylation is 1. The highest BCUT2D eigenvalue weighted by Crippen LogP contribution is 2.25. The van der Waals surface area contributed by atoms with Crippen LogP contribution in [0.1, 0.15) is 17.9 Å². The first kappa shape index (κ1) is 22.6. The summed E-state index contributed by atoms with van der Waals surface area (Å²) in [7, 11) is 3.31. The summed E-state index contributed by atoms with van der Waals surface area (Å²) in [5.41, 5.74) is 3.86. The Hall–Kier alpha value is -3.56. The van der Waals surface area contributed by atoms with Gasteiger partial charge in [0.1, 0.15) is 5.75 Å². The minimum Gasteiger partial charge on any atom is -0.497 e. The quantitative estimate of drug-likeness (QED) is 0.365. The van der Waals surface area contributed by atoms with Crippen LogP contribution in [-0.2, 0) is 22.4 Å². The van der Waals surface area contributed by atoms with Crippen LogP contribution in [0.4, 0.5) is 5.13 Å². The van der Waals surface area contributed by atoms with Crippen LogP contribution in [0.3, 0.4) is 0 Å². The average molecular weight is 465 g/mol. The molecule has 0 bridgehead atoms. The van der Waals surface area contributed by atoms with E-state index in [1.165, 1.54) is 16.9 Å². The number of methoxy groups -OCH3 is 2. The van der Waals surface area contributed by atoms with Crippen molar-refractivity contribution in [3.63, 3.8) is 0 Å². The molecule has 2 heterocycles. The van der Waals surface area contributed by atoms with Gasteiger partial charge in [0.2, 0.25) is 17.6 Å². The van der Waals surface area contributed by atoms with E-state index < -0.39 is 0 Å². The highest BCUT2D eigenvalue weighted by molar-refractivity contribution is 7.14. The first-order chi connectivity index (χ1) is 16.1. The molecule has 0 spiro atoms. The van der Waals surface area contributed by atoms with E-state index in [-0.39, 0.29) is 12.3 Å². The zero-order valence-corrected chi connectivity index (χ0v) is 19.2. The summed E-state index contributed by atoms with van der Waals surface area (Å²) < 4.78 is 15.5. The molecule has 0 aliphatic rings. The maximum Gasteiger partial charge on any atom is 0.227 e. The number of aromatic nitrogens is 3. The molecule has 0 unspecified atom stereocenters. The Morgan fingerprint density at radius 3 is 2.48 bits per heavy atom. The Labute approximate surface area is 195 Å². The van der Waals surface area contributed by atoms with Gasteiger partial charge < -0.3 is 19.3 Å². The van der Waals surface area contributed by atoms with E-state index in [1.54, 1.807) is 14.2 Å². The van der Waals surface area contributed by atoms with Crippen molar-refractivity contribution in [3.8, 4) is 28.4 Å². The van der Waals surface area contributed by atoms with E-state index in [1.807, 2.05) is 41.8 Å². The third-order valence-electron chi connectivity index (χ3n) is 4.98. The molecular weight excluding hydrogens is 440 g/mol. The molecule has 0 atom stereocenters. The van der Waals surface area contributed by atoms with Gasteiger partial charge in [0.05, 0.1) is 19.4 Å². The number of anilines is 1. The number of thiazole rings is 1. The number of ether oxygens (including phenoxy) is 2.